The molecule has 2 rings (SSSR count). The summed E-state index contributed by atoms with van der Waals surface area (Å²) in [7, 11) is 0. The Bertz CT molecular complexity index is 656. The lowest BCUT2D eigenvalue weighted by Crippen LogP contribution is -2.41. The summed E-state index contributed by atoms with van der Waals surface area (Å²) in [6.45, 7) is 5.77. The van der Waals surface area contributed by atoms with E-state index in [1.165, 1.54) is 26.3 Å². The minimum absolute atomic E-state index is 0.145. The van der Waals surface area contributed by atoms with E-state index >= 15 is 0 Å². The van der Waals surface area contributed by atoms with Crippen LogP contribution < -0.4 is 4.74 Å². The summed E-state index contributed by atoms with van der Waals surface area (Å²) in [4.78, 5) is 24.2. The maximum atomic E-state index is 12.1. The van der Waals surface area contributed by atoms with Crippen LogP contribution in [0.3, 0.4) is 0 Å². The molecule has 0 amide bonds. The summed E-state index contributed by atoms with van der Waals surface area (Å²) in [6, 6.07) is 5.44. The minimum atomic E-state index is -1.25. The molecule has 0 aliphatic carbocycles. The number of esters is 2. The van der Waals surface area contributed by atoms with Gasteiger partial charge in [0.25, 0.3) is 5.79 Å². The van der Waals surface area contributed by atoms with Crippen LogP contribution in [0.1, 0.15) is 52.0 Å². The lowest BCUT2D eigenvalue weighted by molar-refractivity contribution is -0.222. The normalized spacial score (nSPS) is 16.2. The molecular formula is C19H23BrO5. The largest absolute Gasteiger partial charge is 0.493 e. The number of hydrogen-bond acceptors (Lipinski definition) is 5. The van der Waals surface area contributed by atoms with Gasteiger partial charge in [0.15, 0.2) is 0 Å². The molecule has 0 spiro atoms. The fraction of sp³-hybridized carbons (Fsp3) is 0.474. The van der Waals surface area contributed by atoms with Gasteiger partial charge in [-0.2, -0.15) is 0 Å². The number of unbranched alkanes of at least 4 members (excludes halogenated alkanes) is 3. The molecule has 1 aliphatic heterocycles. The van der Waals surface area contributed by atoms with Gasteiger partial charge >= 0.3 is 11.9 Å². The SMILES string of the molecule is CCCCCCOc1ccc(Br)cc1C=C1C(=O)OC(C)(C)OC1=O. The van der Waals surface area contributed by atoms with Crippen molar-refractivity contribution in [2.45, 2.75) is 52.2 Å². The maximum absolute atomic E-state index is 12.1. The number of rotatable bonds is 7. The molecule has 1 aromatic carbocycles. The van der Waals surface area contributed by atoms with Gasteiger partial charge in [0.05, 0.1) is 6.61 Å². The Labute approximate surface area is 156 Å². The van der Waals surface area contributed by atoms with Gasteiger partial charge in [-0.1, -0.05) is 42.1 Å². The smallest absolute Gasteiger partial charge is 0.348 e. The van der Waals surface area contributed by atoms with E-state index in [-0.39, 0.29) is 5.57 Å². The Hall–Kier alpha value is -1.82. The van der Waals surface area contributed by atoms with E-state index in [1.54, 1.807) is 12.1 Å². The summed E-state index contributed by atoms with van der Waals surface area (Å²) < 4.78 is 16.9. The van der Waals surface area contributed by atoms with Crippen molar-refractivity contribution in [3.63, 3.8) is 0 Å². The molecule has 0 saturated carbocycles. The maximum Gasteiger partial charge on any atom is 0.348 e. The van der Waals surface area contributed by atoms with Crippen LogP contribution in [-0.2, 0) is 19.1 Å². The third kappa shape index (κ3) is 5.59. The predicted molar refractivity (Wildman–Crippen MR) is 98.0 cm³/mol. The van der Waals surface area contributed by atoms with Gasteiger partial charge in [-0.15, -0.1) is 0 Å². The molecule has 1 fully saturated rings. The second-order valence-electron chi connectivity index (χ2n) is 6.33. The van der Waals surface area contributed by atoms with E-state index in [0.29, 0.717) is 17.9 Å². The van der Waals surface area contributed by atoms with Crippen LogP contribution in [0.2, 0.25) is 0 Å². The van der Waals surface area contributed by atoms with Crippen molar-refractivity contribution in [3.8, 4) is 5.75 Å². The first-order valence-corrected chi connectivity index (χ1v) is 9.22. The summed E-state index contributed by atoms with van der Waals surface area (Å²) in [6.07, 6.45) is 5.85. The summed E-state index contributed by atoms with van der Waals surface area (Å²) in [5, 5.41) is 0. The highest BCUT2D eigenvalue weighted by atomic mass is 79.9. The van der Waals surface area contributed by atoms with Crippen LogP contribution in [-0.4, -0.2) is 24.3 Å². The van der Waals surface area contributed by atoms with Crippen LogP contribution >= 0.6 is 15.9 Å². The van der Waals surface area contributed by atoms with Crippen molar-refractivity contribution in [2.75, 3.05) is 6.61 Å². The number of cyclic esters (lactones) is 2. The zero-order chi connectivity index (χ0) is 18.4. The minimum Gasteiger partial charge on any atom is -0.493 e. The summed E-state index contributed by atoms with van der Waals surface area (Å²) >= 11 is 3.39. The van der Waals surface area contributed by atoms with Crippen LogP contribution in [0.15, 0.2) is 28.2 Å². The fourth-order valence-electron chi connectivity index (χ4n) is 2.41. The van der Waals surface area contributed by atoms with Gasteiger partial charge in [0.1, 0.15) is 11.3 Å². The van der Waals surface area contributed by atoms with Crippen molar-refractivity contribution >= 4 is 33.9 Å². The lowest BCUT2D eigenvalue weighted by atomic mass is 10.1. The van der Waals surface area contributed by atoms with Gasteiger partial charge in [-0.3, -0.25) is 0 Å². The number of hydrogen-bond donors (Lipinski definition) is 0. The monoisotopic (exact) mass is 410 g/mol. The second-order valence-corrected chi connectivity index (χ2v) is 7.24. The summed E-state index contributed by atoms with van der Waals surface area (Å²) in [5.41, 5.74) is 0.474. The highest BCUT2D eigenvalue weighted by Crippen LogP contribution is 2.29. The van der Waals surface area contributed by atoms with Gasteiger partial charge in [0, 0.05) is 23.9 Å². The van der Waals surface area contributed by atoms with Crippen LogP contribution in [0.5, 0.6) is 5.75 Å². The van der Waals surface area contributed by atoms with Crippen molar-refractivity contribution in [1.29, 1.82) is 0 Å². The third-order valence-electron chi connectivity index (χ3n) is 3.64. The zero-order valence-corrected chi connectivity index (χ0v) is 16.4. The van der Waals surface area contributed by atoms with Crippen molar-refractivity contribution < 1.29 is 23.8 Å². The van der Waals surface area contributed by atoms with Gasteiger partial charge in [-0.25, -0.2) is 9.59 Å². The van der Waals surface area contributed by atoms with E-state index in [4.69, 9.17) is 14.2 Å². The predicted octanol–water partition coefficient (Wildman–Crippen LogP) is 4.63. The molecule has 0 atom stereocenters. The first-order valence-electron chi connectivity index (χ1n) is 8.43. The molecule has 0 aromatic heterocycles. The molecule has 1 aliphatic rings. The molecule has 1 saturated heterocycles. The van der Waals surface area contributed by atoms with E-state index in [9.17, 15) is 9.59 Å². The van der Waals surface area contributed by atoms with E-state index in [1.807, 2.05) is 6.07 Å². The Morgan fingerprint density at radius 2 is 1.80 bits per heavy atom. The van der Waals surface area contributed by atoms with E-state index in [0.717, 1.165) is 23.7 Å². The number of carbonyl (C=O) groups is 2. The quantitative estimate of drug-likeness (QED) is 0.283. The number of benzene rings is 1. The molecule has 136 valence electrons. The number of carbonyl (C=O) groups excluding carboxylic acids is 2. The molecule has 1 aromatic rings. The number of halogens is 1. The molecule has 5 nitrogen and oxygen atoms in total. The fourth-order valence-corrected chi connectivity index (χ4v) is 2.79. The lowest BCUT2D eigenvalue weighted by Gasteiger charge is -2.29. The molecule has 0 N–H and O–H groups in total. The first-order chi connectivity index (χ1) is 11.8. The molecule has 25 heavy (non-hydrogen) atoms. The Kier molecular flexibility index (Phi) is 6.64. The highest BCUT2D eigenvalue weighted by Gasteiger charge is 2.39. The highest BCUT2D eigenvalue weighted by molar-refractivity contribution is 9.10. The van der Waals surface area contributed by atoms with Crippen LogP contribution in [0.4, 0.5) is 0 Å². The average molecular weight is 411 g/mol. The third-order valence-corrected chi connectivity index (χ3v) is 4.14. The van der Waals surface area contributed by atoms with Crippen molar-refractivity contribution in [3.05, 3.63) is 33.8 Å². The van der Waals surface area contributed by atoms with E-state index in [2.05, 4.69) is 22.9 Å². The van der Waals surface area contributed by atoms with Crippen LogP contribution in [0, 0.1) is 0 Å². The molecule has 0 unspecified atom stereocenters. The zero-order valence-electron chi connectivity index (χ0n) is 14.8. The van der Waals surface area contributed by atoms with Crippen LogP contribution in [0.25, 0.3) is 6.08 Å². The Balaban J connectivity index is 2.19. The molecule has 6 heteroatoms. The standard InChI is InChI=1S/C19H23BrO5/c1-4-5-6-7-10-23-16-9-8-14(20)11-13(16)12-15-17(21)24-19(2,3)25-18(15)22/h8-9,11-12H,4-7,10H2,1-3H3. The van der Waals surface area contributed by atoms with E-state index < -0.39 is 17.7 Å². The van der Waals surface area contributed by atoms with Crippen molar-refractivity contribution in [2.24, 2.45) is 0 Å². The van der Waals surface area contributed by atoms with Gasteiger partial charge in [0.2, 0.25) is 0 Å². The molecule has 1 heterocycles. The van der Waals surface area contributed by atoms with Gasteiger partial charge < -0.3 is 14.2 Å². The topological polar surface area (TPSA) is 61.8 Å². The molecule has 0 bridgehead atoms. The average Bonchev–Trinajstić information content (AvgIpc) is 2.51. The Morgan fingerprint density at radius 3 is 2.44 bits per heavy atom. The van der Waals surface area contributed by atoms with Gasteiger partial charge in [-0.05, 0) is 30.7 Å². The molecule has 0 radical (unpaired) electrons. The number of ether oxygens (including phenoxy) is 3. The summed E-state index contributed by atoms with van der Waals surface area (Å²) in [5.74, 6) is -2.04. The van der Waals surface area contributed by atoms with Crippen molar-refractivity contribution in [1.82, 2.24) is 0 Å². The first kappa shape index (κ1) is 19.5. The molecular weight excluding hydrogens is 388 g/mol. The second kappa shape index (κ2) is 8.52. The Morgan fingerprint density at radius 1 is 1.12 bits per heavy atom.